The number of urea groups is 1. The maximum Gasteiger partial charge on any atom is 0.315 e. The van der Waals surface area contributed by atoms with Crippen LogP contribution in [0.15, 0.2) is 12.1 Å². The van der Waals surface area contributed by atoms with Crippen molar-refractivity contribution >= 4 is 38.8 Å². The average molecular weight is 337 g/mol. The van der Waals surface area contributed by atoms with Gasteiger partial charge in [0.25, 0.3) is 0 Å². The molecule has 0 bridgehead atoms. The molecule has 20 heavy (non-hydrogen) atoms. The fourth-order valence-electron chi connectivity index (χ4n) is 2.16. The number of hydrogen-bond acceptors (Lipinski definition) is 4. The van der Waals surface area contributed by atoms with Gasteiger partial charge in [-0.2, -0.15) is 0 Å². The Hall–Kier alpha value is -0.790. The van der Waals surface area contributed by atoms with Gasteiger partial charge in [-0.3, -0.25) is 0 Å². The fraction of sp³-hybridized carbons (Fsp3) is 0.583. The van der Waals surface area contributed by atoms with Crippen molar-refractivity contribution in [3.05, 3.63) is 21.3 Å². The Labute approximate surface area is 127 Å². The smallest absolute Gasteiger partial charge is 0.315 e. The lowest BCUT2D eigenvalue weighted by Crippen LogP contribution is -2.47. The standard InChI is InChI=1S/C12H17ClN2O3S2/c13-11-4-3-10(19-11)5-6-14-12(16)15-9-2-1-7-20(17,18)8-9/h3-4,9H,1-2,5-8H2,(H2,14,15,16). The van der Waals surface area contributed by atoms with Crippen molar-refractivity contribution in [3.8, 4) is 0 Å². The maximum absolute atomic E-state index is 11.7. The summed E-state index contributed by atoms with van der Waals surface area (Å²) in [7, 11) is -2.99. The number of rotatable bonds is 4. The van der Waals surface area contributed by atoms with Crippen molar-refractivity contribution in [1.29, 1.82) is 0 Å². The van der Waals surface area contributed by atoms with Gasteiger partial charge in [0.15, 0.2) is 9.84 Å². The Bertz CT molecular complexity index is 571. The van der Waals surface area contributed by atoms with E-state index < -0.39 is 9.84 Å². The predicted molar refractivity (Wildman–Crippen MR) is 81.2 cm³/mol. The van der Waals surface area contributed by atoms with Gasteiger partial charge in [-0.1, -0.05) is 11.6 Å². The number of thiophene rings is 1. The number of halogens is 1. The summed E-state index contributed by atoms with van der Waals surface area (Å²) in [5.74, 6) is 0.271. The number of carbonyl (C=O) groups is 1. The second-order valence-corrected chi connectivity index (χ2v) is 8.84. The minimum absolute atomic E-state index is 0.0426. The molecule has 2 amide bonds. The molecule has 1 aromatic rings. The summed E-state index contributed by atoms with van der Waals surface area (Å²) >= 11 is 7.31. The number of hydrogen-bond donors (Lipinski definition) is 2. The molecule has 0 radical (unpaired) electrons. The Balaban J connectivity index is 1.70. The summed E-state index contributed by atoms with van der Waals surface area (Å²) in [6.45, 7) is 0.502. The van der Waals surface area contributed by atoms with E-state index in [0.29, 0.717) is 25.8 Å². The Morgan fingerprint density at radius 2 is 2.25 bits per heavy atom. The molecule has 1 atom stereocenters. The van der Waals surface area contributed by atoms with Gasteiger partial charge in [0, 0.05) is 17.5 Å². The highest BCUT2D eigenvalue weighted by atomic mass is 35.5. The highest BCUT2D eigenvalue weighted by Gasteiger charge is 2.25. The molecule has 2 N–H and O–H groups in total. The molecule has 2 heterocycles. The van der Waals surface area contributed by atoms with Crippen LogP contribution in [0.3, 0.4) is 0 Å². The third-order valence-electron chi connectivity index (χ3n) is 3.08. The van der Waals surface area contributed by atoms with Gasteiger partial charge in [0.2, 0.25) is 0 Å². The minimum atomic E-state index is -2.99. The molecule has 1 aliphatic heterocycles. The summed E-state index contributed by atoms with van der Waals surface area (Å²) in [5.41, 5.74) is 0. The lowest BCUT2D eigenvalue weighted by atomic mass is 10.2. The molecule has 0 aliphatic carbocycles. The van der Waals surface area contributed by atoms with Crippen LogP contribution in [0.25, 0.3) is 0 Å². The first-order valence-electron chi connectivity index (χ1n) is 6.44. The van der Waals surface area contributed by atoms with Crippen LogP contribution in [0.1, 0.15) is 17.7 Å². The van der Waals surface area contributed by atoms with E-state index in [-0.39, 0.29) is 23.6 Å². The van der Waals surface area contributed by atoms with Gasteiger partial charge in [0.05, 0.1) is 15.8 Å². The van der Waals surface area contributed by atoms with Crippen molar-refractivity contribution in [2.75, 3.05) is 18.1 Å². The van der Waals surface area contributed by atoms with Crippen LogP contribution in [0.4, 0.5) is 4.79 Å². The molecule has 0 aromatic carbocycles. The lowest BCUT2D eigenvalue weighted by Gasteiger charge is -2.23. The molecule has 0 spiro atoms. The van der Waals surface area contributed by atoms with E-state index >= 15 is 0 Å². The Morgan fingerprint density at radius 3 is 2.90 bits per heavy atom. The molecule has 5 nitrogen and oxygen atoms in total. The van der Waals surface area contributed by atoms with Gasteiger partial charge >= 0.3 is 6.03 Å². The van der Waals surface area contributed by atoms with E-state index in [9.17, 15) is 13.2 Å². The first kappa shape index (κ1) is 15.6. The van der Waals surface area contributed by atoms with E-state index in [4.69, 9.17) is 11.6 Å². The SMILES string of the molecule is O=C(NCCc1ccc(Cl)s1)NC1CCCS(=O)(=O)C1. The normalized spacial score (nSPS) is 21.4. The number of sulfone groups is 1. The zero-order chi connectivity index (χ0) is 14.6. The number of amides is 2. The number of carbonyl (C=O) groups excluding carboxylic acids is 1. The van der Waals surface area contributed by atoms with E-state index in [1.807, 2.05) is 12.1 Å². The molecule has 1 unspecified atom stereocenters. The Kier molecular flexibility index (Phi) is 5.29. The van der Waals surface area contributed by atoms with Crippen molar-refractivity contribution in [2.45, 2.75) is 25.3 Å². The summed E-state index contributed by atoms with van der Waals surface area (Å²) in [6.07, 6.45) is 2.04. The van der Waals surface area contributed by atoms with Crippen molar-refractivity contribution in [2.24, 2.45) is 0 Å². The van der Waals surface area contributed by atoms with E-state index in [2.05, 4.69) is 10.6 Å². The van der Waals surface area contributed by atoms with Crippen LogP contribution < -0.4 is 10.6 Å². The van der Waals surface area contributed by atoms with Crippen molar-refractivity contribution < 1.29 is 13.2 Å². The molecule has 1 aliphatic rings. The average Bonchev–Trinajstić information content (AvgIpc) is 2.73. The maximum atomic E-state index is 11.7. The quantitative estimate of drug-likeness (QED) is 0.880. The third kappa shape index (κ3) is 4.96. The van der Waals surface area contributed by atoms with E-state index in [1.54, 1.807) is 0 Å². The summed E-state index contributed by atoms with van der Waals surface area (Å²) in [5, 5.41) is 5.45. The molecule has 1 aromatic heterocycles. The summed E-state index contributed by atoms with van der Waals surface area (Å²) in [6, 6.07) is 3.18. The first-order valence-corrected chi connectivity index (χ1v) is 9.45. The molecular weight excluding hydrogens is 320 g/mol. The number of nitrogens with one attached hydrogen (secondary N) is 2. The molecular formula is C12H17ClN2O3S2. The molecule has 112 valence electrons. The van der Waals surface area contributed by atoms with Crippen LogP contribution in [-0.2, 0) is 16.3 Å². The van der Waals surface area contributed by atoms with Gasteiger partial charge in [0.1, 0.15) is 0 Å². The van der Waals surface area contributed by atoms with Crippen molar-refractivity contribution in [1.82, 2.24) is 10.6 Å². The largest absolute Gasteiger partial charge is 0.338 e. The van der Waals surface area contributed by atoms with E-state index in [1.165, 1.54) is 11.3 Å². The molecule has 8 heteroatoms. The van der Waals surface area contributed by atoms with Gasteiger partial charge < -0.3 is 10.6 Å². The Morgan fingerprint density at radius 1 is 1.45 bits per heavy atom. The van der Waals surface area contributed by atoms with Gasteiger partial charge in [-0.25, -0.2) is 13.2 Å². The third-order valence-corrected chi connectivity index (χ3v) is 6.20. The molecule has 1 fully saturated rings. The zero-order valence-corrected chi connectivity index (χ0v) is 13.3. The van der Waals surface area contributed by atoms with Gasteiger partial charge in [-0.05, 0) is 31.4 Å². The molecule has 2 rings (SSSR count). The topological polar surface area (TPSA) is 75.3 Å². The zero-order valence-electron chi connectivity index (χ0n) is 10.9. The lowest BCUT2D eigenvalue weighted by molar-refractivity contribution is 0.237. The van der Waals surface area contributed by atoms with Crippen LogP contribution in [-0.4, -0.2) is 38.5 Å². The molecule has 0 saturated carbocycles. The van der Waals surface area contributed by atoms with Crippen molar-refractivity contribution in [3.63, 3.8) is 0 Å². The van der Waals surface area contributed by atoms with Gasteiger partial charge in [-0.15, -0.1) is 11.3 Å². The monoisotopic (exact) mass is 336 g/mol. The van der Waals surface area contributed by atoms with Crippen LogP contribution in [0, 0.1) is 0 Å². The summed E-state index contributed by atoms with van der Waals surface area (Å²) < 4.78 is 23.7. The minimum Gasteiger partial charge on any atom is -0.338 e. The fourth-order valence-corrected chi connectivity index (χ4v) is 4.88. The predicted octanol–water partition coefficient (Wildman–Crippen LogP) is 1.82. The van der Waals surface area contributed by atoms with Crippen LogP contribution >= 0.6 is 22.9 Å². The second kappa shape index (κ2) is 6.78. The first-order chi connectivity index (χ1) is 9.44. The highest BCUT2D eigenvalue weighted by Crippen LogP contribution is 2.21. The highest BCUT2D eigenvalue weighted by molar-refractivity contribution is 7.91. The van der Waals surface area contributed by atoms with Crippen LogP contribution in [0.5, 0.6) is 0 Å². The second-order valence-electron chi connectivity index (χ2n) is 4.81. The summed E-state index contributed by atoms with van der Waals surface area (Å²) in [4.78, 5) is 12.8. The van der Waals surface area contributed by atoms with Crippen LogP contribution in [0.2, 0.25) is 4.34 Å². The van der Waals surface area contributed by atoms with E-state index in [0.717, 1.165) is 9.21 Å². The molecule has 1 saturated heterocycles.